The van der Waals surface area contributed by atoms with Crippen molar-refractivity contribution < 1.29 is 9.90 Å². The molecule has 13 heavy (non-hydrogen) atoms. The summed E-state index contributed by atoms with van der Waals surface area (Å²) in [5.74, 6) is 0.172. The number of hydrogen-bond acceptors (Lipinski definition) is 2. The van der Waals surface area contributed by atoms with Crippen molar-refractivity contribution in [3.8, 4) is 0 Å². The Morgan fingerprint density at radius 2 is 2.38 bits per heavy atom. The van der Waals surface area contributed by atoms with Gasteiger partial charge in [0.25, 0.3) is 0 Å². The predicted octanol–water partition coefficient (Wildman–Crippen LogP) is 1.46. The van der Waals surface area contributed by atoms with Crippen LogP contribution in [0.2, 0.25) is 0 Å². The molecular formula is C11H14O2. The number of allylic oxidation sites excluding steroid dienone is 1. The molecule has 1 saturated carbocycles. The Hall–Kier alpha value is -0.890. The molecule has 0 amide bonds. The third-order valence-electron chi connectivity index (χ3n) is 3.71. The molecule has 2 heteroatoms. The fourth-order valence-corrected chi connectivity index (χ4v) is 2.47. The van der Waals surface area contributed by atoms with Crippen molar-refractivity contribution in [3.63, 3.8) is 0 Å². The van der Waals surface area contributed by atoms with Crippen molar-refractivity contribution in [1.82, 2.24) is 0 Å². The number of rotatable bonds is 1. The van der Waals surface area contributed by atoms with Crippen molar-refractivity contribution in [2.75, 3.05) is 0 Å². The summed E-state index contributed by atoms with van der Waals surface area (Å²) in [6.45, 7) is 7.39. The molecule has 0 aliphatic heterocycles. The third-order valence-corrected chi connectivity index (χ3v) is 3.71. The van der Waals surface area contributed by atoms with Gasteiger partial charge in [0.2, 0.25) is 0 Å². The van der Waals surface area contributed by atoms with E-state index >= 15 is 0 Å². The van der Waals surface area contributed by atoms with Gasteiger partial charge in [0.1, 0.15) is 5.60 Å². The molecule has 0 aromatic heterocycles. The quantitative estimate of drug-likeness (QED) is 0.617. The number of hydrogen-bond donors (Lipinski definition) is 1. The van der Waals surface area contributed by atoms with Crippen LogP contribution in [0, 0.1) is 11.3 Å². The summed E-state index contributed by atoms with van der Waals surface area (Å²) in [5, 5.41) is 10.3. The second-order valence-electron chi connectivity index (χ2n) is 4.37. The molecule has 0 heterocycles. The van der Waals surface area contributed by atoms with Gasteiger partial charge >= 0.3 is 0 Å². The Labute approximate surface area is 78.0 Å². The predicted molar refractivity (Wildman–Crippen MR) is 50.1 cm³/mol. The lowest BCUT2D eigenvalue weighted by Crippen LogP contribution is -2.41. The maximum atomic E-state index is 11.4. The average molecular weight is 178 g/mol. The lowest BCUT2D eigenvalue weighted by molar-refractivity contribution is -0.118. The number of carbonyl (C=O) groups excluding carboxylic acids is 1. The molecule has 0 bridgehead atoms. The highest BCUT2D eigenvalue weighted by molar-refractivity contribution is 5.97. The largest absolute Gasteiger partial charge is 0.381 e. The summed E-state index contributed by atoms with van der Waals surface area (Å²) in [5.41, 5.74) is -0.528. The molecule has 0 radical (unpaired) electrons. The minimum absolute atomic E-state index is 0.0131. The second kappa shape index (κ2) is 2.13. The standard InChI is InChI=1S/C11H14O2/c1-4-11(13)7(2)5-9(12)8-6-10(8,11)3/h4-5,8,13H,1,6H2,2-3H3/t8-,10-,11+/m0/s1. The van der Waals surface area contributed by atoms with Crippen LogP contribution in [-0.2, 0) is 4.79 Å². The van der Waals surface area contributed by atoms with E-state index in [4.69, 9.17) is 0 Å². The van der Waals surface area contributed by atoms with Crippen LogP contribution in [0.15, 0.2) is 24.3 Å². The number of carbonyl (C=O) groups is 1. The molecule has 0 aromatic rings. The van der Waals surface area contributed by atoms with Gasteiger partial charge in [-0.25, -0.2) is 0 Å². The van der Waals surface area contributed by atoms with Crippen molar-refractivity contribution in [2.24, 2.45) is 11.3 Å². The molecule has 0 unspecified atom stereocenters. The molecule has 2 nitrogen and oxygen atoms in total. The van der Waals surface area contributed by atoms with E-state index in [9.17, 15) is 9.90 Å². The number of fused-ring (bicyclic) bond motifs is 1. The van der Waals surface area contributed by atoms with Crippen LogP contribution in [-0.4, -0.2) is 16.5 Å². The highest BCUT2D eigenvalue weighted by Crippen LogP contribution is 2.64. The van der Waals surface area contributed by atoms with E-state index in [1.54, 1.807) is 19.1 Å². The van der Waals surface area contributed by atoms with E-state index in [1.807, 2.05) is 6.92 Å². The molecule has 2 rings (SSSR count). The second-order valence-corrected chi connectivity index (χ2v) is 4.37. The SMILES string of the molecule is C=C[C@@]1(O)C(C)=CC(=O)[C@@H]2C[C@@]21C. The summed E-state index contributed by atoms with van der Waals surface area (Å²) in [6, 6.07) is 0. The van der Waals surface area contributed by atoms with Gasteiger partial charge in [0, 0.05) is 11.3 Å². The molecule has 2 aliphatic carbocycles. The third kappa shape index (κ3) is 0.792. The molecule has 0 aromatic carbocycles. The first-order valence-corrected chi connectivity index (χ1v) is 4.54. The lowest BCUT2D eigenvalue weighted by Gasteiger charge is -2.35. The van der Waals surface area contributed by atoms with Crippen LogP contribution in [0.1, 0.15) is 20.3 Å². The monoisotopic (exact) mass is 178 g/mol. The highest BCUT2D eigenvalue weighted by atomic mass is 16.3. The fraction of sp³-hybridized carbons (Fsp3) is 0.545. The minimum atomic E-state index is -0.967. The van der Waals surface area contributed by atoms with Crippen LogP contribution >= 0.6 is 0 Å². The van der Waals surface area contributed by atoms with Gasteiger partial charge in [-0.15, -0.1) is 0 Å². The Bertz CT molecular complexity index is 329. The van der Waals surface area contributed by atoms with E-state index in [-0.39, 0.29) is 17.1 Å². The van der Waals surface area contributed by atoms with Gasteiger partial charge in [-0.3, -0.25) is 4.79 Å². The summed E-state index contributed by atoms with van der Waals surface area (Å²) in [7, 11) is 0. The first kappa shape index (κ1) is 8.70. The Balaban J connectivity index is 2.54. The first-order chi connectivity index (χ1) is 5.95. The maximum absolute atomic E-state index is 11.4. The van der Waals surface area contributed by atoms with E-state index in [1.165, 1.54) is 0 Å². The van der Waals surface area contributed by atoms with E-state index in [0.29, 0.717) is 0 Å². The molecule has 70 valence electrons. The van der Waals surface area contributed by atoms with Crippen LogP contribution < -0.4 is 0 Å². The Morgan fingerprint density at radius 3 is 2.92 bits per heavy atom. The molecular weight excluding hydrogens is 164 g/mol. The van der Waals surface area contributed by atoms with Gasteiger partial charge in [0.05, 0.1) is 0 Å². The summed E-state index contributed by atoms with van der Waals surface area (Å²) in [4.78, 5) is 11.4. The van der Waals surface area contributed by atoms with Gasteiger partial charge in [0.15, 0.2) is 5.78 Å². The van der Waals surface area contributed by atoms with Gasteiger partial charge in [-0.2, -0.15) is 0 Å². The first-order valence-electron chi connectivity index (χ1n) is 4.54. The molecule has 0 spiro atoms. The minimum Gasteiger partial charge on any atom is -0.381 e. The van der Waals surface area contributed by atoms with Crippen molar-refractivity contribution in [3.05, 3.63) is 24.3 Å². The Morgan fingerprint density at radius 1 is 1.77 bits per heavy atom. The highest BCUT2D eigenvalue weighted by Gasteiger charge is 2.66. The van der Waals surface area contributed by atoms with Crippen LogP contribution in [0.4, 0.5) is 0 Å². The molecule has 2 aliphatic rings. The van der Waals surface area contributed by atoms with E-state index in [2.05, 4.69) is 6.58 Å². The molecule has 1 fully saturated rings. The zero-order valence-electron chi connectivity index (χ0n) is 8.00. The number of ketones is 1. The normalized spacial score (nSPS) is 48.1. The zero-order valence-corrected chi connectivity index (χ0v) is 8.00. The van der Waals surface area contributed by atoms with Gasteiger partial charge < -0.3 is 5.11 Å². The fourth-order valence-electron chi connectivity index (χ4n) is 2.47. The van der Waals surface area contributed by atoms with E-state index < -0.39 is 5.60 Å². The smallest absolute Gasteiger partial charge is 0.159 e. The maximum Gasteiger partial charge on any atom is 0.159 e. The lowest BCUT2D eigenvalue weighted by atomic mass is 9.74. The van der Waals surface area contributed by atoms with Crippen molar-refractivity contribution in [2.45, 2.75) is 25.9 Å². The topological polar surface area (TPSA) is 37.3 Å². The summed E-state index contributed by atoms with van der Waals surface area (Å²) < 4.78 is 0. The number of aliphatic hydroxyl groups is 1. The molecule has 1 N–H and O–H groups in total. The van der Waals surface area contributed by atoms with Crippen LogP contribution in [0.25, 0.3) is 0 Å². The molecule has 3 atom stereocenters. The van der Waals surface area contributed by atoms with E-state index in [0.717, 1.165) is 12.0 Å². The van der Waals surface area contributed by atoms with Gasteiger partial charge in [-0.1, -0.05) is 19.6 Å². The Kier molecular flexibility index (Phi) is 1.42. The van der Waals surface area contributed by atoms with Crippen molar-refractivity contribution >= 4 is 5.78 Å². The van der Waals surface area contributed by atoms with Crippen molar-refractivity contribution in [1.29, 1.82) is 0 Å². The zero-order chi connectivity index (χ0) is 9.85. The molecule has 0 saturated heterocycles. The summed E-state index contributed by atoms with van der Waals surface area (Å²) >= 11 is 0. The van der Waals surface area contributed by atoms with Crippen LogP contribution in [0.3, 0.4) is 0 Å². The van der Waals surface area contributed by atoms with Crippen LogP contribution in [0.5, 0.6) is 0 Å². The van der Waals surface area contributed by atoms with Gasteiger partial charge in [-0.05, 0) is 25.0 Å². The average Bonchev–Trinajstić information content (AvgIpc) is 2.76. The summed E-state index contributed by atoms with van der Waals surface area (Å²) in [6.07, 6.45) is 3.90.